The van der Waals surface area contributed by atoms with Gasteiger partial charge in [-0.15, -0.1) is 22.7 Å². The molecule has 0 saturated carbocycles. The minimum absolute atomic E-state index is 0.856. The summed E-state index contributed by atoms with van der Waals surface area (Å²) in [6.45, 7) is 1.88. The molecular formula is C10H11ClN2S3. The van der Waals surface area contributed by atoms with Crippen molar-refractivity contribution in [1.29, 1.82) is 0 Å². The third kappa shape index (κ3) is 4.07. The topological polar surface area (TPSA) is 24.9 Å². The van der Waals surface area contributed by atoms with Gasteiger partial charge in [-0.1, -0.05) is 23.4 Å². The van der Waals surface area contributed by atoms with Crippen LogP contribution in [0.25, 0.3) is 0 Å². The van der Waals surface area contributed by atoms with Crippen molar-refractivity contribution in [2.75, 3.05) is 12.3 Å². The van der Waals surface area contributed by atoms with Crippen LogP contribution in [0.3, 0.4) is 0 Å². The Balaban J connectivity index is 1.59. The van der Waals surface area contributed by atoms with Gasteiger partial charge in [-0.05, 0) is 12.1 Å². The summed E-state index contributed by atoms with van der Waals surface area (Å²) in [6, 6.07) is 4.00. The van der Waals surface area contributed by atoms with E-state index in [9.17, 15) is 0 Å². The van der Waals surface area contributed by atoms with Crippen LogP contribution in [0, 0.1) is 0 Å². The van der Waals surface area contributed by atoms with Crippen LogP contribution in [-0.4, -0.2) is 17.3 Å². The van der Waals surface area contributed by atoms with Crippen LogP contribution in [-0.2, 0) is 6.54 Å². The lowest BCUT2D eigenvalue weighted by atomic mass is 10.4. The lowest BCUT2D eigenvalue weighted by molar-refractivity contribution is 0.741. The highest BCUT2D eigenvalue weighted by atomic mass is 35.5. The van der Waals surface area contributed by atoms with E-state index in [1.807, 2.05) is 17.6 Å². The van der Waals surface area contributed by atoms with Gasteiger partial charge in [-0.25, -0.2) is 4.98 Å². The van der Waals surface area contributed by atoms with E-state index in [0.29, 0.717) is 0 Å². The van der Waals surface area contributed by atoms with Gasteiger partial charge in [0.15, 0.2) is 0 Å². The van der Waals surface area contributed by atoms with Gasteiger partial charge in [0.2, 0.25) is 0 Å². The van der Waals surface area contributed by atoms with Gasteiger partial charge in [-0.2, -0.15) is 0 Å². The second-order valence-electron chi connectivity index (χ2n) is 3.03. The highest BCUT2D eigenvalue weighted by Crippen LogP contribution is 2.21. The average Bonchev–Trinajstić information content (AvgIpc) is 2.89. The molecule has 0 unspecified atom stereocenters. The van der Waals surface area contributed by atoms with Crippen molar-refractivity contribution in [3.8, 4) is 0 Å². The molecule has 0 saturated heterocycles. The maximum Gasteiger partial charge on any atom is 0.149 e. The van der Waals surface area contributed by atoms with E-state index in [-0.39, 0.29) is 0 Å². The number of nitrogens with one attached hydrogen (secondary N) is 1. The maximum absolute atomic E-state index is 5.85. The molecule has 2 aromatic rings. The van der Waals surface area contributed by atoms with Gasteiger partial charge < -0.3 is 5.32 Å². The number of aromatic nitrogens is 1. The monoisotopic (exact) mass is 290 g/mol. The Kier molecular flexibility index (Phi) is 5.12. The first-order chi connectivity index (χ1) is 7.84. The van der Waals surface area contributed by atoms with Crippen molar-refractivity contribution in [3.63, 3.8) is 0 Å². The molecule has 0 aromatic carbocycles. The molecule has 2 nitrogen and oxygen atoms in total. The first-order valence-corrected chi connectivity index (χ1v) is 7.88. The third-order valence-corrected chi connectivity index (χ3v) is 5.04. The number of halogens is 1. The van der Waals surface area contributed by atoms with Gasteiger partial charge in [0.1, 0.15) is 4.34 Å². The van der Waals surface area contributed by atoms with Crippen molar-refractivity contribution in [1.82, 2.24) is 10.3 Å². The van der Waals surface area contributed by atoms with Crippen LogP contribution < -0.4 is 5.32 Å². The Morgan fingerprint density at radius 3 is 3.06 bits per heavy atom. The van der Waals surface area contributed by atoms with Crippen molar-refractivity contribution < 1.29 is 0 Å². The molecule has 0 atom stereocenters. The second kappa shape index (κ2) is 6.61. The molecule has 2 heterocycles. The van der Waals surface area contributed by atoms with Gasteiger partial charge >= 0.3 is 0 Å². The fraction of sp³-hybridized carbons (Fsp3) is 0.300. The van der Waals surface area contributed by atoms with E-state index >= 15 is 0 Å². The molecule has 0 aliphatic heterocycles. The number of rotatable bonds is 6. The Bertz CT molecular complexity index is 413. The number of thiazole rings is 1. The Morgan fingerprint density at radius 2 is 2.38 bits per heavy atom. The summed E-state index contributed by atoms with van der Waals surface area (Å²) in [5, 5.41) is 5.39. The van der Waals surface area contributed by atoms with Crippen LogP contribution in [0.2, 0.25) is 4.34 Å². The Hall–Kier alpha value is -0.0700. The van der Waals surface area contributed by atoms with Crippen molar-refractivity contribution in [3.05, 3.63) is 32.9 Å². The minimum atomic E-state index is 0.856. The second-order valence-corrected chi connectivity index (χ2v) is 7.07. The zero-order valence-electron chi connectivity index (χ0n) is 8.48. The van der Waals surface area contributed by atoms with Crippen LogP contribution in [0.5, 0.6) is 0 Å². The highest BCUT2D eigenvalue weighted by Gasteiger charge is 1.98. The molecule has 86 valence electrons. The summed E-state index contributed by atoms with van der Waals surface area (Å²) in [4.78, 5) is 5.50. The lowest BCUT2D eigenvalue weighted by Crippen LogP contribution is -2.15. The first kappa shape index (κ1) is 12.4. The predicted molar refractivity (Wildman–Crippen MR) is 73.9 cm³/mol. The normalized spacial score (nSPS) is 10.8. The number of thiophene rings is 1. The fourth-order valence-electron chi connectivity index (χ4n) is 1.15. The van der Waals surface area contributed by atoms with E-state index < -0.39 is 0 Å². The van der Waals surface area contributed by atoms with Crippen molar-refractivity contribution >= 4 is 46.0 Å². The average molecular weight is 291 g/mol. The summed E-state index contributed by atoms with van der Waals surface area (Å²) in [5.41, 5.74) is 0. The molecule has 6 heteroatoms. The zero-order valence-corrected chi connectivity index (χ0v) is 11.7. The quantitative estimate of drug-likeness (QED) is 0.648. The molecule has 0 aliphatic rings. The van der Waals surface area contributed by atoms with E-state index in [1.54, 1.807) is 34.4 Å². The Labute approximate surface area is 112 Å². The Morgan fingerprint density at radius 1 is 1.44 bits per heavy atom. The molecule has 0 radical (unpaired) electrons. The van der Waals surface area contributed by atoms with Crippen molar-refractivity contribution in [2.24, 2.45) is 0 Å². The van der Waals surface area contributed by atoms with Crippen LogP contribution in [0.1, 0.15) is 4.88 Å². The van der Waals surface area contributed by atoms with Crippen molar-refractivity contribution in [2.45, 2.75) is 10.9 Å². The summed E-state index contributed by atoms with van der Waals surface area (Å²) >= 11 is 11.0. The molecule has 1 N–H and O–H groups in total. The predicted octanol–water partition coefficient (Wildman–Crippen LogP) is 3.74. The largest absolute Gasteiger partial charge is 0.311 e. The molecule has 16 heavy (non-hydrogen) atoms. The van der Waals surface area contributed by atoms with Gasteiger partial charge in [-0.3, -0.25) is 0 Å². The molecule has 0 fully saturated rings. The molecule has 0 spiro atoms. The van der Waals surface area contributed by atoms with Gasteiger partial charge in [0.05, 0.1) is 4.34 Å². The maximum atomic E-state index is 5.85. The standard InChI is InChI=1S/C10H11ClN2S3/c11-9-2-1-8(16-9)7-12-3-5-14-10-13-4-6-15-10/h1-2,4,6,12H,3,5,7H2. The first-order valence-electron chi connectivity index (χ1n) is 4.82. The summed E-state index contributed by atoms with van der Waals surface area (Å²) in [6.07, 6.45) is 1.84. The molecular weight excluding hydrogens is 280 g/mol. The molecule has 2 rings (SSSR count). The summed E-state index contributed by atoms with van der Waals surface area (Å²) in [7, 11) is 0. The number of hydrogen-bond acceptors (Lipinski definition) is 5. The molecule has 0 aliphatic carbocycles. The number of nitrogens with zero attached hydrogens (tertiary/aromatic N) is 1. The third-order valence-electron chi connectivity index (χ3n) is 1.84. The van der Waals surface area contributed by atoms with Gasteiger partial charge in [0, 0.05) is 35.3 Å². The summed E-state index contributed by atoms with van der Waals surface area (Å²) in [5.74, 6) is 1.05. The zero-order chi connectivity index (χ0) is 11.2. The minimum Gasteiger partial charge on any atom is -0.311 e. The molecule has 0 amide bonds. The molecule has 0 bridgehead atoms. The van der Waals surface area contributed by atoms with E-state index in [1.165, 1.54) is 4.88 Å². The fourth-order valence-corrected chi connectivity index (χ4v) is 3.81. The van der Waals surface area contributed by atoms with Crippen LogP contribution in [0.15, 0.2) is 28.0 Å². The number of hydrogen-bond donors (Lipinski definition) is 1. The number of thioether (sulfide) groups is 1. The van der Waals surface area contributed by atoms with Crippen LogP contribution >= 0.6 is 46.0 Å². The van der Waals surface area contributed by atoms with Crippen LogP contribution in [0.4, 0.5) is 0 Å². The summed E-state index contributed by atoms with van der Waals surface area (Å²) < 4.78 is 2.00. The lowest BCUT2D eigenvalue weighted by Gasteiger charge is -2.01. The smallest absolute Gasteiger partial charge is 0.149 e. The van der Waals surface area contributed by atoms with E-state index in [4.69, 9.17) is 11.6 Å². The van der Waals surface area contributed by atoms with E-state index in [2.05, 4.69) is 16.4 Å². The highest BCUT2D eigenvalue weighted by molar-refractivity contribution is 8.01. The molecule has 2 aromatic heterocycles. The SMILES string of the molecule is Clc1ccc(CNCCSc2nccs2)s1. The van der Waals surface area contributed by atoms with E-state index in [0.717, 1.165) is 27.5 Å². The van der Waals surface area contributed by atoms with Gasteiger partial charge in [0.25, 0.3) is 0 Å².